The minimum atomic E-state index is -1.16. The Morgan fingerprint density at radius 1 is 1.24 bits per heavy atom. The molecule has 10 nitrogen and oxygen atoms in total. The van der Waals surface area contributed by atoms with E-state index in [4.69, 9.17) is 27.9 Å². The van der Waals surface area contributed by atoms with Gasteiger partial charge in [0.1, 0.15) is 11.7 Å². The average Bonchev–Trinajstić information content (AvgIpc) is 2.79. The molecule has 4 N–H and O–H groups in total. The van der Waals surface area contributed by atoms with Crippen LogP contribution in [0.2, 0.25) is 10.0 Å². The Hall–Kier alpha value is -3.52. The smallest absolute Gasteiger partial charge is 0.413 e. The summed E-state index contributed by atoms with van der Waals surface area (Å²) >= 11 is 12.7. The second-order valence-electron chi connectivity index (χ2n) is 7.09. The van der Waals surface area contributed by atoms with Crippen molar-refractivity contribution in [3.05, 3.63) is 51.5 Å². The zero-order chi connectivity index (χ0) is 24.7. The number of fused-ring (bicyclic) bond motifs is 1. The van der Waals surface area contributed by atoms with Crippen LogP contribution in [-0.2, 0) is 16.0 Å². The Balaban J connectivity index is 1.61. The van der Waals surface area contributed by atoms with Gasteiger partial charge in [-0.05, 0) is 49.2 Å². The third-order valence-electron chi connectivity index (χ3n) is 4.73. The fraction of sp³-hybridized carbons (Fsp3) is 0.273. The summed E-state index contributed by atoms with van der Waals surface area (Å²) < 4.78 is 10.5. The Morgan fingerprint density at radius 3 is 2.65 bits per heavy atom. The summed E-state index contributed by atoms with van der Waals surface area (Å²) in [5, 5.41) is 14.4. The molecular formula is C22H21Cl2N5O5. The first-order valence-electron chi connectivity index (χ1n) is 10.3. The lowest BCUT2D eigenvalue weighted by Crippen LogP contribution is -2.40. The normalized spacial score (nSPS) is 13.1. The Morgan fingerprint density at radius 2 is 1.97 bits per heavy atom. The van der Waals surface area contributed by atoms with Crippen LogP contribution in [0.25, 0.3) is 0 Å². The van der Waals surface area contributed by atoms with Crippen LogP contribution in [0.3, 0.4) is 0 Å². The van der Waals surface area contributed by atoms with Crippen LogP contribution in [-0.4, -0.2) is 37.6 Å². The highest BCUT2D eigenvalue weighted by Gasteiger charge is 2.21. The maximum Gasteiger partial charge on any atom is 0.413 e. The van der Waals surface area contributed by atoms with E-state index in [1.165, 1.54) is 0 Å². The van der Waals surface area contributed by atoms with Crippen LogP contribution in [0.15, 0.2) is 30.3 Å². The van der Waals surface area contributed by atoms with E-state index >= 15 is 0 Å². The van der Waals surface area contributed by atoms with E-state index in [-0.39, 0.29) is 34.9 Å². The van der Waals surface area contributed by atoms with Gasteiger partial charge in [-0.1, -0.05) is 23.2 Å². The third-order valence-corrected chi connectivity index (χ3v) is 5.29. The maximum absolute atomic E-state index is 12.0. The molecular weight excluding hydrogens is 485 g/mol. The van der Waals surface area contributed by atoms with E-state index in [2.05, 4.69) is 20.9 Å². The van der Waals surface area contributed by atoms with Crippen molar-refractivity contribution >= 4 is 46.8 Å². The summed E-state index contributed by atoms with van der Waals surface area (Å²) in [6, 6.07) is 10.0. The van der Waals surface area contributed by atoms with Crippen LogP contribution in [0.4, 0.5) is 10.5 Å². The molecule has 12 heteroatoms. The second-order valence-corrected chi connectivity index (χ2v) is 7.91. The highest BCUT2D eigenvalue weighted by atomic mass is 35.5. The summed E-state index contributed by atoms with van der Waals surface area (Å²) in [5.74, 6) is -1.35. The summed E-state index contributed by atoms with van der Waals surface area (Å²) in [5.41, 5.74) is 7.44. The molecule has 178 valence electrons. The number of nitrogens with zero attached hydrogens (tertiary/aromatic N) is 1. The van der Waals surface area contributed by atoms with E-state index in [1.807, 2.05) is 5.32 Å². The van der Waals surface area contributed by atoms with Crippen LogP contribution < -0.4 is 26.2 Å². The van der Waals surface area contributed by atoms with E-state index in [1.54, 1.807) is 43.3 Å². The largest absolute Gasteiger partial charge is 0.454 e. The zero-order valence-electron chi connectivity index (χ0n) is 18.0. The van der Waals surface area contributed by atoms with Gasteiger partial charge in [0.25, 0.3) is 5.91 Å². The second kappa shape index (κ2) is 11.6. The lowest BCUT2D eigenvalue weighted by Gasteiger charge is -2.18. The van der Waals surface area contributed by atoms with Crippen molar-refractivity contribution in [1.29, 1.82) is 5.26 Å². The van der Waals surface area contributed by atoms with Gasteiger partial charge in [0.15, 0.2) is 5.75 Å². The summed E-state index contributed by atoms with van der Waals surface area (Å²) in [6.07, 6.45) is -0.229. The van der Waals surface area contributed by atoms with Gasteiger partial charge in [-0.15, -0.1) is 0 Å². The number of carbonyl (C=O) groups is 3. The maximum atomic E-state index is 12.0. The van der Waals surface area contributed by atoms with E-state index in [0.717, 1.165) is 5.56 Å². The molecule has 0 aliphatic carbocycles. The fourth-order valence-electron chi connectivity index (χ4n) is 3.12. The van der Waals surface area contributed by atoms with Crippen molar-refractivity contribution in [3.63, 3.8) is 0 Å². The van der Waals surface area contributed by atoms with Gasteiger partial charge in [-0.25, -0.2) is 10.2 Å². The molecule has 1 heterocycles. The lowest BCUT2D eigenvalue weighted by molar-refractivity contribution is -0.122. The molecule has 1 aliphatic rings. The molecule has 0 radical (unpaired) electrons. The number of carbonyl (C=O) groups excluding carboxylic acids is 3. The van der Waals surface area contributed by atoms with Gasteiger partial charge in [0.2, 0.25) is 5.91 Å². The zero-order valence-corrected chi connectivity index (χ0v) is 19.5. The highest BCUT2D eigenvalue weighted by Crippen LogP contribution is 2.39. The molecule has 1 atom stereocenters. The predicted molar refractivity (Wildman–Crippen MR) is 125 cm³/mol. The third kappa shape index (κ3) is 6.29. The number of benzene rings is 2. The van der Waals surface area contributed by atoms with Gasteiger partial charge in [0.05, 0.1) is 28.4 Å². The van der Waals surface area contributed by atoms with Gasteiger partial charge in [-0.2, -0.15) is 5.26 Å². The molecule has 1 aliphatic heterocycles. The van der Waals surface area contributed by atoms with Gasteiger partial charge in [-0.3, -0.25) is 14.9 Å². The highest BCUT2D eigenvalue weighted by molar-refractivity contribution is 6.37. The number of rotatable bonds is 8. The Labute approximate surface area is 205 Å². The molecule has 0 aromatic heterocycles. The molecule has 0 bridgehead atoms. The molecule has 0 fully saturated rings. The summed E-state index contributed by atoms with van der Waals surface area (Å²) in [7, 11) is 0. The molecule has 3 amide bonds. The molecule has 1 unspecified atom stereocenters. The molecule has 2 aromatic rings. The van der Waals surface area contributed by atoms with Crippen molar-refractivity contribution in [3.8, 4) is 17.6 Å². The number of amides is 3. The van der Waals surface area contributed by atoms with Crippen LogP contribution in [0.1, 0.15) is 22.8 Å². The van der Waals surface area contributed by atoms with Crippen molar-refractivity contribution in [2.24, 2.45) is 5.92 Å². The van der Waals surface area contributed by atoms with Crippen molar-refractivity contribution in [1.82, 2.24) is 16.1 Å². The summed E-state index contributed by atoms with van der Waals surface area (Å²) in [4.78, 5) is 35.2. The number of nitrogens with one attached hydrogen (secondary N) is 4. The number of imide groups is 1. The first-order valence-corrected chi connectivity index (χ1v) is 11.0. The molecule has 3 rings (SSSR count). The molecule has 2 aromatic carbocycles. The van der Waals surface area contributed by atoms with E-state index in [0.29, 0.717) is 30.0 Å². The monoisotopic (exact) mass is 505 g/mol. The number of anilines is 1. The fourth-order valence-corrected chi connectivity index (χ4v) is 3.69. The first kappa shape index (κ1) is 25.1. The number of nitriles is 1. The molecule has 0 saturated carbocycles. The van der Waals surface area contributed by atoms with Crippen molar-refractivity contribution < 1.29 is 23.9 Å². The molecule has 0 spiro atoms. The van der Waals surface area contributed by atoms with Crippen LogP contribution >= 0.6 is 23.2 Å². The standard InChI is InChI=1S/C22H21Cl2N5O5/c1-2-33-22(32)28-20(30)13(10-25)11-27-29-14-8-17(23)19(18(24)9-14)34-15-3-4-16-12(7-15)5-6-26-21(16)31/h3-4,7-9,13,27,29H,2,5-6,11H2,1H3,(H,26,31)(H,28,30,32). The number of ether oxygens (including phenoxy) is 2. The first-order chi connectivity index (χ1) is 16.3. The number of hydrogen-bond acceptors (Lipinski definition) is 8. The van der Waals surface area contributed by atoms with E-state index < -0.39 is 17.9 Å². The van der Waals surface area contributed by atoms with E-state index in [9.17, 15) is 19.6 Å². The molecule has 34 heavy (non-hydrogen) atoms. The van der Waals surface area contributed by atoms with Crippen LogP contribution in [0.5, 0.6) is 11.5 Å². The SMILES string of the molecule is CCOC(=O)NC(=O)C(C#N)CNNc1cc(Cl)c(Oc2ccc3c(c2)CCNC3=O)c(Cl)c1. The van der Waals surface area contributed by atoms with Crippen LogP contribution in [0, 0.1) is 17.2 Å². The molecule has 0 saturated heterocycles. The minimum Gasteiger partial charge on any atom is -0.454 e. The van der Waals surface area contributed by atoms with Gasteiger partial charge >= 0.3 is 6.09 Å². The van der Waals surface area contributed by atoms with Crippen molar-refractivity contribution in [2.75, 3.05) is 25.1 Å². The van der Waals surface area contributed by atoms with Gasteiger partial charge < -0.3 is 20.2 Å². The Bertz CT molecular complexity index is 1130. The minimum absolute atomic E-state index is 0.0982. The van der Waals surface area contributed by atoms with Gasteiger partial charge in [0, 0.05) is 18.7 Å². The number of hydrogen-bond donors (Lipinski definition) is 4. The quantitative estimate of drug-likeness (QED) is 0.400. The summed E-state index contributed by atoms with van der Waals surface area (Å²) in [6.45, 7) is 2.14. The Kier molecular flexibility index (Phi) is 8.54. The average molecular weight is 506 g/mol. The van der Waals surface area contributed by atoms with Crippen molar-refractivity contribution in [2.45, 2.75) is 13.3 Å². The number of halogens is 2. The predicted octanol–water partition coefficient (Wildman–Crippen LogP) is 3.40. The lowest BCUT2D eigenvalue weighted by atomic mass is 10.0. The topological polar surface area (TPSA) is 142 Å². The number of alkyl carbamates (subject to hydrolysis) is 1. The number of hydrazine groups is 1.